The van der Waals surface area contributed by atoms with E-state index in [1.54, 1.807) is 24.3 Å². The van der Waals surface area contributed by atoms with E-state index in [0.29, 0.717) is 28.5 Å². The number of nitrogens with one attached hydrogen (secondary N) is 2. The van der Waals surface area contributed by atoms with E-state index in [1.807, 2.05) is 12.1 Å². The number of anilines is 2. The Hall–Kier alpha value is -2.23. The van der Waals surface area contributed by atoms with Gasteiger partial charge in [-0.15, -0.1) is 0 Å². The van der Waals surface area contributed by atoms with Crippen LogP contribution in [-0.2, 0) is 6.54 Å². The molecule has 22 heavy (non-hydrogen) atoms. The molecule has 0 fully saturated rings. The van der Waals surface area contributed by atoms with Crippen molar-refractivity contribution in [2.24, 2.45) is 5.73 Å². The van der Waals surface area contributed by atoms with Crippen molar-refractivity contribution < 1.29 is 4.79 Å². The number of nitrogens with two attached hydrogens (primary N) is 1. The van der Waals surface area contributed by atoms with Gasteiger partial charge in [-0.05, 0) is 45.8 Å². The molecule has 0 heterocycles. The van der Waals surface area contributed by atoms with Crippen LogP contribution in [0, 0.1) is 11.3 Å². The summed E-state index contributed by atoms with van der Waals surface area (Å²) in [5.41, 5.74) is 7.81. The lowest BCUT2D eigenvalue weighted by molar-refractivity contribution is 0.259. The number of hydrogen-bond acceptors (Lipinski definition) is 3. The van der Waals surface area contributed by atoms with Gasteiger partial charge in [0.25, 0.3) is 0 Å². The van der Waals surface area contributed by atoms with Gasteiger partial charge in [-0.2, -0.15) is 5.26 Å². The summed E-state index contributed by atoms with van der Waals surface area (Å²) in [5, 5.41) is 15.3. The van der Waals surface area contributed by atoms with Crippen LogP contribution in [0.1, 0.15) is 11.1 Å². The maximum atomic E-state index is 10.8. The smallest absolute Gasteiger partial charge is 0.316 e. The van der Waals surface area contributed by atoms with Gasteiger partial charge in [0.2, 0.25) is 0 Å². The normalized spacial score (nSPS) is 9.86. The number of nitrogens with zero attached hydrogens (tertiary/aromatic N) is 1. The van der Waals surface area contributed by atoms with Crippen molar-refractivity contribution in [3.05, 3.63) is 57.0 Å². The Bertz CT molecular complexity index is 740. The fraction of sp³-hybridized carbons (Fsp3) is 0.0667. The highest BCUT2D eigenvalue weighted by Crippen LogP contribution is 2.30. The molecule has 0 aliphatic heterocycles. The first-order valence-corrected chi connectivity index (χ1v) is 7.45. The molecule has 0 aromatic heterocycles. The lowest BCUT2D eigenvalue weighted by atomic mass is 10.1. The van der Waals surface area contributed by atoms with Crippen LogP contribution >= 0.6 is 27.5 Å². The van der Waals surface area contributed by atoms with Gasteiger partial charge in [0, 0.05) is 21.7 Å². The number of amides is 2. The molecule has 4 N–H and O–H groups in total. The van der Waals surface area contributed by atoms with E-state index in [9.17, 15) is 4.79 Å². The van der Waals surface area contributed by atoms with Gasteiger partial charge in [-0.25, -0.2) is 4.79 Å². The number of hydrogen-bond donors (Lipinski definition) is 3. The second-order valence-corrected chi connectivity index (χ2v) is 5.75. The van der Waals surface area contributed by atoms with Crippen LogP contribution in [0.4, 0.5) is 16.2 Å². The lowest BCUT2D eigenvalue weighted by Crippen LogP contribution is -2.19. The molecule has 0 aliphatic rings. The van der Waals surface area contributed by atoms with Crippen LogP contribution in [-0.4, -0.2) is 6.03 Å². The summed E-state index contributed by atoms with van der Waals surface area (Å²) < 4.78 is 0.726. The molecule has 2 amide bonds. The third-order valence-corrected chi connectivity index (χ3v) is 3.71. The Kier molecular flexibility index (Phi) is 5.26. The third kappa shape index (κ3) is 4.13. The molecule has 0 saturated heterocycles. The number of halogens is 2. The average molecular weight is 380 g/mol. The van der Waals surface area contributed by atoms with Gasteiger partial charge in [0.15, 0.2) is 0 Å². The van der Waals surface area contributed by atoms with E-state index in [1.165, 1.54) is 0 Å². The number of nitriles is 1. The zero-order chi connectivity index (χ0) is 16.1. The summed E-state index contributed by atoms with van der Waals surface area (Å²) in [6, 6.07) is 12.1. The van der Waals surface area contributed by atoms with Crippen molar-refractivity contribution in [3.63, 3.8) is 0 Å². The molecule has 0 bridgehead atoms. The predicted molar refractivity (Wildman–Crippen MR) is 90.8 cm³/mol. The minimum Gasteiger partial charge on any atom is -0.379 e. The van der Waals surface area contributed by atoms with E-state index in [4.69, 9.17) is 22.6 Å². The summed E-state index contributed by atoms with van der Waals surface area (Å²) in [5.74, 6) is 0. The Morgan fingerprint density at radius 1 is 1.32 bits per heavy atom. The summed E-state index contributed by atoms with van der Waals surface area (Å²) in [6.07, 6.45) is 0. The Labute approximate surface area is 141 Å². The molecular formula is C15H12BrClN4O. The molecule has 112 valence electrons. The molecule has 0 saturated carbocycles. The monoisotopic (exact) mass is 378 g/mol. The van der Waals surface area contributed by atoms with E-state index in [0.717, 1.165) is 10.0 Å². The number of carbonyl (C=O) groups is 1. The standard InChI is InChI=1S/C15H12BrClN4O/c16-13-6-11(17)5-10(7-18)14(13)20-8-9-1-3-12(4-2-9)21-15(19)22/h1-6,20H,8H2,(H3,19,21,22). The molecule has 0 atom stereocenters. The van der Waals surface area contributed by atoms with Gasteiger partial charge in [0.1, 0.15) is 6.07 Å². The second-order valence-electron chi connectivity index (χ2n) is 4.46. The fourth-order valence-electron chi connectivity index (χ4n) is 1.88. The molecule has 7 heteroatoms. The van der Waals surface area contributed by atoms with E-state index in [2.05, 4.69) is 32.6 Å². The highest BCUT2D eigenvalue weighted by Gasteiger charge is 2.08. The third-order valence-electron chi connectivity index (χ3n) is 2.87. The highest BCUT2D eigenvalue weighted by molar-refractivity contribution is 9.10. The minimum absolute atomic E-state index is 0.464. The van der Waals surface area contributed by atoms with E-state index < -0.39 is 6.03 Å². The lowest BCUT2D eigenvalue weighted by Gasteiger charge is -2.11. The van der Waals surface area contributed by atoms with Crippen molar-refractivity contribution in [2.45, 2.75) is 6.54 Å². The van der Waals surface area contributed by atoms with Gasteiger partial charge < -0.3 is 16.4 Å². The summed E-state index contributed by atoms with van der Waals surface area (Å²) >= 11 is 9.32. The Morgan fingerprint density at radius 2 is 2.00 bits per heavy atom. The molecule has 2 rings (SSSR count). The number of urea groups is 1. The van der Waals surface area contributed by atoms with Gasteiger partial charge in [-0.1, -0.05) is 23.7 Å². The number of primary amides is 1. The van der Waals surface area contributed by atoms with Gasteiger partial charge in [-0.3, -0.25) is 0 Å². The zero-order valence-corrected chi connectivity index (χ0v) is 13.7. The van der Waals surface area contributed by atoms with Crippen LogP contribution in [0.3, 0.4) is 0 Å². The molecule has 0 radical (unpaired) electrons. The van der Waals surface area contributed by atoms with Crippen molar-refractivity contribution in [3.8, 4) is 6.07 Å². The largest absolute Gasteiger partial charge is 0.379 e. The first-order valence-electron chi connectivity index (χ1n) is 6.28. The fourth-order valence-corrected chi connectivity index (χ4v) is 2.83. The summed E-state index contributed by atoms with van der Waals surface area (Å²) in [6.45, 7) is 0.520. The van der Waals surface area contributed by atoms with Crippen molar-refractivity contribution >= 4 is 44.9 Å². The average Bonchev–Trinajstić information content (AvgIpc) is 2.46. The van der Waals surface area contributed by atoms with Crippen molar-refractivity contribution in [1.29, 1.82) is 5.26 Å². The topological polar surface area (TPSA) is 90.9 Å². The van der Waals surface area contributed by atoms with Crippen LogP contribution in [0.15, 0.2) is 40.9 Å². The summed E-state index contributed by atoms with van der Waals surface area (Å²) in [7, 11) is 0. The van der Waals surface area contributed by atoms with E-state index >= 15 is 0 Å². The quantitative estimate of drug-likeness (QED) is 0.747. The number of carbonyl (C=O) groups excluding carboxylic acids is 1. The second kappa shape index (κ2) is 7.16. The molecule has 0 unspecified atom stereocenters. The SMILES string of the molecule is N#Cc1cc(Cl)cc(Br)c1NCc1ccc(NC(N)=O)cc1. The van der Waals surface area contributed by atoms with E-state index in [-0.39, 0.29) is 0 Å². The Morgan fingerprint density at radius 3 is 2.59 bits per heavy atom. The number of rotatable bonds is 4. The molecule has 2 aromatic carbocycles. The van der Waals surface area contributed by atoms with Crippen LogP contribution in [0.2, 0.25) is 5.02 Å². The highest BCUT2D eigenvalue weighted by atomic mass is 79.9. The van der Waals surface area contributed by atoms with Gasteiger partial charge >= 0.3 is 6.03 Å². The Balaban J connectivity index is 2.11. The minimum atomic E-state index is -0.602. The first kappa shape index (κ1) is 16.1. The predicted octanol–water partition coefficient (Wildman–Crippen LogP) is 4.08. The maximum Gasteiger partial charge on any atom is 0.316 e. The molecule has 2 aromatic rings. The maximum absolute atomic E-state index is 10.8. The van der Waals surface area contributed by atoms with Crippen LogP contribution < -0.4 is 16.4 Å². The van der Waals surface area contributed by atoms with Crippen molar-refractivity contribution in [2.75, 3.05) is 10.6 Å². The van der Waals surface area contributed by atoms with Crippen LogP contribution in [0.25, 0.3) is 0 Å². The van der Waals surface area contributed by atoms with Gasteiger partial charge in [0.05, 0.1) is 11.3 Å². The summed E-state index contributed by atoms with van der Waals surface area (Å²) in [4.78, 5) is 10.8. The number of benzene rings is 2. The molecule has 0 spiro atoms. The zero-order valence-electron chi connectivity index (χ0n) is 11.4. The van der Waals surface area contributed by atoms with Crippen LogP contribution in [0.5, 0.6) is 0 Å². The molecule has 5 nitrogen and oxygen atoms in total. The van der Waals surface area contributed by atoms with Crippen molar-refractivity contribution in [1.82, 2.24) is 0 Å². The first-order chi connectivity index (χ1) is 10.5. The molecule has 0 aliphatic carbocycles. The molecular weight excluding hydrogens is 368 g/mol.